The maximum Gasteiger partial charge on any atom is 0.195 e. The molecular formula is C19H19N5O2S. The summed E-state index contributed by atoms with van der Waals surface area (Å²) < 4.78 is 25.2. The number of nitriles is 1. The van der Waals surface area contributed by atoms with Gasteiger partial charge in [-0.05, 0) is 37.0 Å². The van der Waals surface area contributed by atoms with Crippen molar-refractivity contribution in [3.63, 3.8) is 0 Å². The van der Waals surface area contributed by atoms with Gasteiger partial charge in [0.15, 0.2) is 14.9 Å². The molecule has 0 radical (unpaired) electrons. The normalized spacial score (nSPS) is 23.5. The first-order valence-corrected chi connectivity index (χ1v) is 10.5. The number of sulfone groups is 1. The van der Waals surface area contributed by atoms with E-state index in [1.165, 1.54) is 18.3 Å². The second-order valence-corrected chi connectivity index (χ2v) is 9.00. The molecule has 0 atom stereocenters. The standard InChI is InChI=1S/C19H19N5O2S/c1-24(19-16-3-6-21-17(16)4-7-23-19)15-8-14(9-15)12-27(25,26)18-10-13(11-20)2-5-22-18/h2-3,5-7,10,14-15H,4,8-9,12H2,1H3/t14-,15+. The maximum atomic E-state index is 12.6. The van der Waals surface area contributed by atoms with Gasteiger partial charge in [0.05, 0.1) is 23.1 Å². The highest BCUT2D eigenvalue weighted by Crippen LogP contribution is 2.36. The zero-order valence-corrected chi connectivity index (χ0v) is 15.7. The van der Waals surface area contributed by atoms with Crippen LogP contribution in [0.4, 0.5) is 0 Å². The van der Waals surface area contributed by atoms with Crippen molar-refractivity contribution in [2.24, 2.45) is 15.9 Å². The zero-order valence-electron chi connectivity index (χ0n) is 14.9. The summed E-state index contributed by atoms with van der Waals surface area (Å²) in [5.41, 5.74) is 2.41. The fraction of sp³-hybridized carbons (Fsp3) is 0.368. The molecule has 0 aromatic carbocycles. The summed E-state index contributed by atoms with van der Waals surface area (Å²) >= 11 is 0. The molecule has 27 heavy (non-hydrogen) atoms. The van der Waals surface area contributed by atoms with E-state index in [4.69, 9.17) is 5.26 Å². The van der Waals surface area contributed by atoms with Crippen molar-refractivity contribution in [1.29, 1.82) is 5.26 Å². The van der Waals surface area contributed by atoms with Crippen molar-refractivity contribution in [3.05, 3.63) is 47.6 Å². The molecule has 3 heterocycles. The molecule has 0 N–H and O–H groups in total. The molecule has 1 aromatic heterocycles. The molecule has 0 bridgehead atoms. The van der Waals surface area contributed by atoms with Gasteiger partial charge in [0.2, 0.25) is 0 Å². The van der Waals surface area contributed by atoms with E-state index in [1.54, 1.807) is 6.20 Å². The third kappa shape index (κ3) is 3.30. The molecule has 4 rings (SSSR count). The van der Waals surface area contributed by atoms with Gasteiger partial charge in [-0.2, -0.15) is 5.26 Å². The third-order valence-electron chi connectivity index (χ3n) is 5.25. The summed E-state index contributed by atoms with van der Waals surface area (Å²) in [4.78, 5) is 15.0. The summed E-state index contributed by atoms with van der Waals surface area (Å²) in [6.45, 7) is 0. The Bertz CT molecular complexity index is 1040. The van der Waals surface area contributed by atoms with Crippen molar-refractivity contribution in [2.45, 2.75) is 30.3 Å². The van der Waals surface area contributed by atoms with Crippen molar-refractivity contribution in [1.82, 2.24) is 9.88 Å². The molecule has 1 aliphatic carbocycles. The number of fused-ring (bicyclic) bond motifs is 1. The van der Waals surface area contributed by atoms with E-state index in [2.05, 4.69) is 19.9 Å². The monoisotopic (exact) mass is 381 g/mol. The Morgan fingerprint density at radius 1 is 1.37 bits per heavy atom. The van der Waals surface area contributed by atoms with E-state index in [-0.39, 0.29) is 22.7 Å². The quantitative estimate of drug-likeness (QED) is 0.778. The van der Waals surface area contributed by atoms with Gasteiger partial charge in [-0.1, -0.05) is 0 Å². The average Bonchev–Trinajstić information content (AvgIpc) is 3.12. The van der Waals surface area contributed by atoms with Crippen molar-refractivity contribution in [3.8, 4) is 6.07 Å². The largest absolute Gasteiger partial charge is 0.356 e. The predicted molar refractivity (Wildman–Crippen MR) is 102 cm³/mol. The summed E-state index contributed by atoms with van der Waals surface area (Å²) in [5, 5.41) is 8.93. The molecule has 8 heteroatoms. The van der Waals surface area contributed by atoms with Gasteiger partial charge in [-0.15, -0.1) is 0 Å². The molecule has 0 spiro atoms. The fourth-order valence-corrected chi connectivity index (χ4v) is 5.26. The number of nitrogens with zero attached hydrogens (tertiary/aromatic N) is 5. The minimum Gasteiger partial charge on any atom is -0.356 e. The number of allylic oxidation sites excluding steroid dienone is 2. The first kappa shape index (κ1) is 17.6. The van der Waals surface area contributed by atoms with Crippen LogP contribution in [0.5, 0.6) is 0 Å². The predicted octanol–water partition coefficient (Wildman–Crippen LogP) is 2.09. The summed E-state index contributed by atoms with van der Waals surface area (Å²) in [5.74, 6) is 1.05. The highest BCUT2D eigenvalue weighted by molar-refractivity contribution is 7.91. The van der Waals surface area contributed by atoms with Gasteiger partial charge in [0.25, 0.3) is 0 Å². The van der Waals surface area contributed by atoms with Crippen LogP contribution < -0.4 is 0 Å². The molecule has 138 valence electrons. The van der Waals surface area contributed by atoms with Crippen LogP contribution in [0.1, 0.15) is 24.8 Å². The number of aromatic nitrogens is 1. The number of hydrogen-bond donors (Lipinski definition) is 0. The van der Waals surface area contributed by atoms with Crippen molar-refractivity contribution in [2.75, 3.05) is 12.8 Å². The van der Waals surface area contributed by atoms with E-state index < -0.39 is 9.84 Å². The van der Waals surface area contributed by atoms with Crippen molar-refractivity contribution >= 4 is 21.8 Å². The minimum atomic E-state index is -3.49. The van der Waals surface area contributed by atoms with Crippen LogP contribution in [-0.4, -0.2) is 49.1 Å². The van der Waals surface area contributed by atoms with E-state index in [9.17, 15) is 8.42 Å². The van der Waals surface area contributed by atoms with Crippen LogP contribution in [0.25, 0.3) is 0 Å². The van der Waals surface area contributed by atoms with Crippen molar-refractivity contribution < 1.29 is 8.42 Å². The number of rotatable bonds is 5. The van der Waals surface area contributed by atoms with E-state index in [0.29, 0.717) is 5.56 Å². The minimum absolute atomic E-state index is 0.0166. The highest BCUT2D eigenvalue weighted by atomic mass is 32.2. The fourth-order valence-electron chi connectivity index (χ4n) is 3.67. The van der Waals surface area contributed by atoms with Crippen LogP contribution in [-0.2, 0) is 9.84 Å². The summed E-state index contributed by atoms with van der Waals surface area (Å²) in [6.07, 6.45) is 9.34. The van der Waals surface area contributed by atoms with Gasteiger partial charge in [-0.3, -0.25) is 4.99 Å². The van der Waals surface area contributed by atoms with Gasteiger partial charge >= 0.3 is 0 Å². The first-order chi connectivity index (χ1) is 13.0. The Labute approximate surface area is 158 Å². The second kappa shape index (κ2) is 6.74. The van der Waals surface area contributed by atoms with Crippen LogP contribution >= 0.6 is 0 Å². The molecule has 3 aliphatic rings. The van der Waals surface area contributed by atoms with Gasteiger partial charge in [0.1, 0.15) is 5.82 Å². The Hall–Kier alpha value is -2.79. The molecule has 7 nitrogen and oxygen atoms in total. The molecule has 0 saturated heterocycles. The van der Waals surface area contributed by atoms with Crippen LogP contribution in [0.15, 0.2) is 57.0 Å². The molecule has 1 aromatic rings. The zero-order chi connectivity index (χ0) is 19.0. The molecule has 0 unspecified atom stereocenters. The van der Waals surface area contributed by atoms with Gasteiger partial charge in [0, 0.05) is 43.7 Å². The molecule has 1 fully saturated rings. The van der Waals surface area contributed by atoms with Gasteiger partial charge < -0.3 is 4.90 Å². The van der Waals surface area contributed by atoms with Crippen LogP contribution in [0.3, 0.4) is 0 Å². The Balaban J connectivity index is 1.41. The van der Waals surface area contributed by atoms with E-state index in [0.717, 1.165) is 36.4 Å². The number of pyridine rings is 1. The Morgan fingerprint density at radius 3 is 2.96 bits per heavy atom. The van der Waals surface area contributed by atoms with Crippen LogP contribution in [0.2, 0.25) is 0 Å². The number of aliphatic imine (C=N–C) groups is 2. The summed E-state index contributed by atoms with van der Waals surface area (Å²) in [7, 11) is -1.49. The third-order valence-corrected chi connectivity index (χ3v) is 7.02. The lowest BCUT2D eigenvalue weighted by Gasteiger charge is -2.42. The lowest BCUT2D eigenvalue weighted by atomic mass is 9.80. The van der Waals surface area contributed by atoms with E-state index in [1.807, 2.05) is 25.4 Å². The Morgan fingerprint density at radius 2 is 2.19 bits per heavy atom. The topological polar surface area (TPSA) is 98.8 Å². The molecule has 1 saturated carbocycles. The lowest BCUT2D eigenvalue weighted by molar-refractivity contribution is 0.141. The molecule has 2 aliphatic heterocycles. The number of hydrogen-bond acceptors (Lipinski definition) is 7. The maximum absolute atomic E-state index is 12.6. The SMILES string of the molecule is CN(C1=C2C=CN=C2CC=N1)[C@H]1C[C@@H](CS(=O)(=O)c2cc(C#N)ccn2)C1. The van der Waals surface area contributed by atoms with Gasteiger partial charge in [-0.25, -0.2) is 18.4 Å². The lowest BCUT2D eigenvalue weighted by Crippen LogP contribution is -2.44. The first-order valence-electron chi connectivity index (χ1n) is 8.80. The highest BCUT2D eigenvalue weighted by Gasteiger charge is 2.37. The average molecular weight is 381 g/mol. The summed E-state index contributed by atoms with van der Waals surface area (Å²) in [6, 6.07) is 5.06. The smallest absolute Gasteiger partial charge is 0.195 e. The van der Waals surface area contributed by atoms with Crippen LogP contribution in [0, 0.1) is 17.2 Å². The Kier molecular flexibility index (Phi) is 4.40. The molecule has 0 amide bonds. The molecular weight excluding hydrogens is 362 g/mol. The second-order valence-electron chi connectivity index (χ2n) is 7.02. The van der Waals surface area contributed by atoms with E-state index >= 15 is 0 Å².